The zero-order chi connectivity index (χ0) is 14.3. The van der Waals surface area contributed by atoms with E-state index in [1.807, 2.05) is 42.9 Å². The van der Waals surface area contributed by atoms with Crippen molar-refractivity contribution in [3.05, 3.63) is 35.7 Å². The quantitative estimate of drug-likeness (QED) is 0.789. The molecule has 0 radical (unpaired) electrons. The van der Waals surface area contributed by atoms with E-state index in [1.165, 1.54) is 7.11 Å². The third kappa shape index (κ3) is 1.82. The summed E-state index contributed by atoms with van der Waals surface area (Å²) in [5.74, 6) is 1.08. The molecule has 0 N–H and O–H groups in total. The Hall–Kier alpha value is -2.43. The number of hydrogen-bond donors (Lipinski definition) is 0. The standard InChI is InChI=1S/C15H15NO4/c1-9-14(15(17)18-3)11(7-16(9)2)10-4-5-12-13(6-10)20-8-19-12/h4-7H,8H2,1-3H3. The molecule has 5 nitrogen and oxygen atoms in total. The fraction of sp³-hybridized carbons (Fsp3) is 0.267. The topological polar surface area (TPSA) is 49.7 Å². The molecule has 0 unspecified atom stereocenters. The molecule has 0 spiro atoms. The van der Waals surface area contributed by atoms with Crippen LogP contribution in [0.25, 0.3) is 11.1 Å². The molecular formula is C15H15NO4. The lowest BCUT2D eigenvalue weighted by molar-refractivity contribution is 0.0600. The average Bonchev–Trinajstić information content (AvgIpc) is 3.03. The molecule has 0 saturated heterocycles. The van der Waals surface area contributed by atoms with Crippen molar-refractivity contribution in [2.24, 2.45) is 7.05 Å². The van der Waals surface area contributed by atoms with Crippen molar-refractivity contribution in [2.45, 2.75) is 6.92 Å². The van der Waals surface area contributed by atoms with E-state index >= 15 is 0 Å². The van der Waals surface area contributed by atoms with Gasteiger partial charge in [0.15, 0.2) is 11.5 Å². The summed E-state index contributed by atoms with van der Waals surface area (Å²) >= 11 is 0. The van der Waals surface area contributed by atoms with Crippen LogP contribution in [-0.2, 0) is 11.8 Å². The van der Waals surface area contributed by atoms with E-state index in [2.05, 4.69) is 0 Å². The number of methoxy groups -OCH3 is 1. The maximum Gasteiger partial charge on any atom is 0.340 e. The lowest BCUT2D eigenvalue weighted by Crippen LogP contribution is -2.04. The molecule has 1 aromatic heterocycles. The number of esters is 1. The lowest BCUT2D eigenvalue weighted by atomic mass is 10.0. The zero-order valence-corrected chi connectivity index (χ0v) is 11.6. The normalized spacial score (nSPS) is 12.6. The number of carbonyl (C=O) groups excluding carboxylic acids is 1. The van der Waals surface area contributed by atoms with E-state index in [0.29, 0.717) is 11.3 Å². The molecule has 0 aliphatic carbocycles. The van der Waals surface area contributed by atoms with Crippen LogP contribution >= 0.6 is 0 Å². The first-order chi connectivity index (χ1) is 9.61. The van der Waals surface area contributed by atoms with Crippen molar-refractivity contribution in [2.75, 3.05) is 13.9 Å². The molecule has 3 rings (SSSR count). The third-order valence-electron chi connectivity index (χ3n) is 3.56. The van der Waals surface area contributed by atoms with E-state index in [4.69, 9.17) is 14.2 Å². The molecule has 0 fully saturated rings. The van der Waals surface area contributed by atoms with Gasteiger partial charge in [-0.3, -0.25) is 0 Å². The van der Waals surface area contributed by atoms with Crippen molar-refractivity contribution in [1.29, 1.82) is 0 Å². The summed E-state index contributed by atoms with van der Waals surface area (Å²) in [4.78, 5) is 12.0. The van der Waals surface area contributed by atoms with Crippen LogP contribution in [0, 0.1) is 6.92 Å². The van der Waals surface area contributed by atoms with Gasteiger partial charge in [0.1, 0.15) is 0 Å². The maximum absolute atomic E-state index is 12.0. The molecule has 5 heteroatoms. The van der Waals surface area contributed by atoms with E-state index in [0.717, 1.165) is 22.6 Å². The van der Waals surface area contributed by atoms with E-state index in [9.17, 15) is 4.79 Å². The molecule has 0 atom stereocenters. The van der Waals surface area contributed by atoms with Crippen molar-refractivity contribution in [3.63, 3.8) is 0 Å². The fourth-order valence-corrected chi connectivity index (χ4v) is 2.37. The molecule has 1 aromatic carbocycles. The Morgan fingerprint density at radius 3 is 2.80 bits per heavy atom. The van der Waals surface area contributed by atoms with Crippen molar-refractivity contribution < 1.29 is 19.0 Å². The number of nitrogens with zero attached hydrogens (tertiary/aromatic N) is 1. The Morgan fingerprint density at radius 2 is 2.05 bits per heavy atom. The van der Waals surface area contributed by atoms with Gasteiger partial charge in [0.25, 0.3) is 0 Å². The second-order valence-electron chi connectivity index (χ2n) is 4.67. The van der Waals surface area contributed by atoms with Crippen LogP contribution in [0.2, 0.25) is 0 Å². The molecule has 104 valence electrons. The van der Waals surface area contributed by atoms with Crippen molar-refractivity contribution >= 4 is 5.97 Å². The Balaban J connectivity index is 2.15. The van der Waals surface area contributed by atoms with Crippen LogP contribution in [-0.4, -0.2) is 24.4 Å². The lowest BCUT2D eigenvalue weighted by Gasteiger charge is -2.05. The number of aryl methyl sites for hydroxylation is 1. The summed E-state index contributed by atoms with van der Waals surface area (Å²) in [6.45, 7) is 2.12. The van der Waals surface area contributed by atoms with Gasteiger partial charge in [-0.25, -0.2) is 4.79 Å². The van der Waals surface area contributed by atoms with Crippen molar-refractivity contribution in [1.82, 2.24) is 4.57 Å². The highest BCUT2D eigenvalue weighted by Crippen LogP contribution is 2.37. The summed E-state index contributed by atoms with van der Waals surface area (Å²) < 4.78 is 17.5. The van der Waals surface area contributed by atoms with Crippen LogP contribution in [0.1, 0.15) is 16.1 Å². The number of benzene rings is 1. The molecule has 0 bridgehead atoms. The van der Waals surface area contributed by atoms with Crippen LogP contribution in [0.3, 0.4) is 0 Å². The van der Waals surface area contributed by atoms with Crippen LogP contribution in [0.4, 0.5) is 0 Å². The van der Waals surface area contributed by atoms with Crippen molar-refractivity contribution in [3.8, 4) is 22.6 Å². The van der Waals surface area contributed by atoms with Gasteiger partial charge >= 0.3 is 5.97 Å². The summed E-state index contributed by atoms with van der Waals surface area (Å²) in [6.07, 6.45) is 1.92. The number of aromatic nitrogens is 1. The number of hydrogen-bond acceptors (Lipinski definition) is 4. The van der Waals surface area contributed by atoms with Gasteiger partial charge < -0.3 is 18.8 Å². The van der Waals surface area contributed by atoms with Gasteiger partial charge in [0, 0.05) is 24.5 Å². The summed E-state index contributed by atoms with van der Waals surface area (Å²) in [5, 5.41) is 0. The SMILES string of the molecule is COC(=O)c1c(-c2ccc3c(c2)OCO3)cn(C)c1C. The fourth-order valence-electron chi connectivity index (χ4n) is 2.37. The zero-order valence-electron chi connectivity index (χ0n) is 11.6. The molecule has 0 saturated carbocycles. The number of fused-ring (bicyclic) bond motifs is 1. The van der Waals surface area contributed by atoms with Gasteiger partial charge in [-0.15, -0.1) is 0 Å². The van der Waals surface area contributed by atoms with Crippen LogP contribution < -0.4 is 9.47 Å². The smallest absolute Gasteiger partial charge is 0.340 e. The molecular weight excluding hydrogens is 258 g/mol. The highest BCUT2D eigenvalue weighted by atomic mass is 16.7. The summed E-state index contributed by atoms with van der Waals surface area (Å²) in [6, 6.07) is 5.64. The minimum absolute atomic E-state index is 0.233. The van der Waals surface area contributed by atoms with Gasteiger partial charge in [-0.05, 0) is 24.6 Å². The second-order valence-corrected chi connectivity index (χ2v) is 4.67. The van der Waals surface area contributed by atoms with Crippen LogP contribution in [0.15, 0.2) is 24.4 Å². The first-order valence-corrected chi connectivity index (χ1v) is 6.26. The minimum atomic E-state index is -0.337. The van der Waals surface area contributed by atoms with E-state index in [-0.39, 0.29) is 12.8 Å². The maximum atomic E-state index is 12.0. The number of rotatable bonds is 2. The first kappa shape index (κ1) is 12.6. The molecule has 0 amide bonds. The van der Waals surface area contributed by atoms with E-state index in [1.54, 1.807) is 0 Å². The van der Waals surface area contributed by atoms with Crippen LogP contribution in [0.5, 0.6) is 11.5 Å². The average molecular weight is 273 g/mol. The summed E-state index contributed by atoms with van der Waals surface area (Å²) in [7, 11) is 3.29. The van der Waals surface area contributed by atoms with E-state index < -0.39 is 0 Å². The Bertz CT molecular complexity index is 687. The predicted octanol–water partition coefficient (Wildman–Crippen LogP) is 2.52. The molecule has 1 aliphatic rings. The Kier molecular flexibility index (Phi) is 2.89. The highest BCUT2D eigenvalue weighted by molar-refractivity contribution is 5.98. The molecule has 20 heavy (non-hydrogen) atoms. The third-order valence-corrected chi connectivity index (χ3v) is 3.56. The number of ether oxygens (including phenoxy) is 3. The molecule has 2 heterocycles. The van der Waals surface area contributed by atoms with Gasteiger partial charge in [-0.1, -0.05) is 6.07 Å². The monoisotopic (exact) mass is 273 g/mol. The largest absolute Gasteiger partial charge is 0.465 e. The Morgan fingerprint density at radius 1 is 1.30 bits per heavy atom. The number of carbonyl (C=O) groups is 1. The van der Waals surface area contributed by atoms with Gasteiger partial charge in [0.2, 0.25) is 6.79 Å². The summed E-state index contributed by atoms with van der Waals surface area (Å²) in [5.41, 5.74) is 3.17. The minimum Gasteiger partial charge on any atom is -0.465 e. The predicted molar refractivity (Wildman–Crippen MR) is 73.0 cm³/mol. The molecule has 1 aliphatic heterocycles. The highest BCUT2D eigenvalue weighted by Gasteiger charge is 2.22. The van der Waals surface area contributed by atoms with Gasteiger partial charge in [0.05, 0.1) is 12.7 Å². The Labute approximate surface area is 116 Å². The second kappa shape index (κ2) is 4.59. The van der Waals surface area contributed by atoms with Gasteiger partial charge in [-0.2, -0.15) is 0 Å². The first-order valence-electron chi connectivity index (χ1n) is 6.26. The molecule has 2 aromatic rings.